The minimum atomic E-state index is -0.0914. The highest BCUT2D eigenvalue weighted by Crippen LogP contribution is 2.17. The average Bonchev–Trinajstić information content (AvgIpc) is 3.25. The van der Waals surface area contributed by atoms with E-state index in [0.717, 1.165) is 43.3 Å². The normalized spacial score (nSPS) is 15.1. The summed E-state index contributed by atoms with van der Waals surface area (Å²) in [4.78, 5) is 24.2. The zero-order valence-electron chi connectivity index (χ0n) is 15.8. The van der Waals surface area contributed by atoms with Gasteiger partial charge in [0.25, 0.3) is 5.56 Å². The predicted octanol–water partition coefficient (Wildman–Crippen LogP) is 1.22. The van der Waals surface area contributed by atoms with Crippen molar-refractivity contribution < 1.29 is 0 Å². The smallest absolute Gasteiger partial charge is 0.258 e. The molecule has 2 aromatic carbocycles. The second-order valence-electron chi connectivity index (χ2n) is 7.02. The van der Waals surface area contributed by atoms with Crippen LogP contribution in [0.25, 0.3) is 16.6 Å². The lowest BCUT2D eigenvalue weighted by Crippen LogP contribution is -2.47. The number of benzene rings is 2. The molecule has 0 saturated carbocycles. The Labute approximate surface area is 166 Å². The quantitative estimate of drug-likeness (QED) is 0.562. The lowest BCUT2D eigenvalue weighted by Gasteiger charge is -2.34. The summed E-state index contributed by atoms with van der Waals surface area (Å²) in [6, 6.07) is 17.3. The molecule has 5 rings (SSSR count). The van der Waals surface area contributed by atoms with Gasteiger partial charge in [0.15, 0.2) is 0 Å². The van der Waals surface area contributed by atoms with E-state index in [2.05, 4.69) is 35.3 Å². The van der Waals surface area contributed by atoms with E-state index in [0.29, 0.717) is 17.8 Å². The Morgan fingerprint density at radius 3 is 2.52 bits per heavy atom. The molecule has 0 amide bonds. The Morgan fingerprint density at radius 2 is 1.69 bits per heavy atom. The minimum Gasteiger partial charge on any atom is -0.337 e. The van der Waals surface area contributed by atoms with Gasteiger partial charge in [0.1, 0.15) is 5.82 Å². The molecule has 1 N–H and O–H groups in total. The second kappa shape index (κ2) is 7.44. The standard InChI is InChI=1S/C20H20N8O/c29-19-16-8-4-5-9-17(16)21-18(22-19)14-26-10-12-27(13-11-26)20-23-24-25-28(20)15-6-2-1-3-7-15/h1-9H,10-14H2,(H,21,22,29). The van der Waals surface area contributed by atoms with Crippen molar-refractivity contribution in [2.45, 2.75) is 6.54 Å². The van der Waals surface area contributed by atoms with Crippen LogP contribution in [0.15, 0.2) is 59.4 Å². The van der Waals surface area contributed by atoms with E-state index in [4.69, 9.17) is 0 Å². The van der Waals surface area contributed by atoms with Crippen molar-refractivity contribution in [1.29, 1.82) is 0 Å². The van der Waals surface area contributed by atoms with Crippen molar-refractivity contribution in [3.8, 4) is 5.69 Å². The molecule has 0 aliphatic carbocycles. The van der Waals surface area contributed by atoms with Crippen LogP contribution in [-0.4, -0.2) is 61.3 Å². The largest absolute Gasteiger partial charge is 0.337 e. The molecule has 0 atom stereocenters. The van der Waals surface area contributed by atoms with Gasteiger partial charge in [-0.2, -0.15) is 4.68 Å². The molecule has 0 bridgehead atoms. The Kier molecular flexibility index (Phi) is 4.49. The molecule has 2 aromatic heterocycles. The maximum absolute atomic E-state index is 12.3. The lowest BCUT2D eigenvalue weighted by atomic mass is 10.2. The first kappa shape index (κ1) is 17.5. The average molecular weight is 388 g/mol. The lowest BCUT2D eigenvalue weighted by molar-refractivity contribution is 0.242. The van der Waals surface area contributed by atoms with Gasteiger partial charge < -0.3 is 9.88 Å². The number of fused-ring (bicyclic) bond motifs is 1. The number of anilines is 1. The van der Waals surface area contributed by atoms with Gasteiger partial charge in [-0.25, -0.2) is 4.98 Å². The fourth-order valence-corrected chi connectivity index (χ4v) is 3.64. The summed E-state index contributed by atoms with van der Waals surface area (Å²) in [6.45, 7) is 3.87. The Morgan fingerprint density at radius 1 is 0.931 bits per heavy atom. The van der Waals surface area contributed by atoms with Crippen molar-refractivity contribution in [1.82, 2.24) is 35.1 Å². The highest BCUT2D eigenvalue weighted by molar-refractivity contribution is 5.77. The first-order valence-corrected chi connectivity index (χ1v) is 9.57. The number of H-pyrrole nitrogens is 1. The zero-order valence-corrected chi connectivity index (χ0v) is 15.8. The van der Waals surface area contributed by atoms with Gasteiger partial charge in [-0.15, -0.1) is 0 Å². The van der Waals surface area contributed by atoms with Crippen LogP contribution in [0.3, 0.4) is 0 Å². The Balaban J connectivity index is 1.28. The van der Waals surface area contributed by atoms with Crippen LogP contribution in [-0.2, 0) is 6.54 Å². The van der Waals surface area contributed by atoms with Crippen molar-refractivity contribution in [2.24, 2.45) is 0 Å². The third-order valence-corrected chi connectivity index (χ3v) is 5.14. The summed E-state index contributed by atoms with van der Waals surface area (Å²) in [5.74, 6) is 1.43. The van der Waals surface area contributed by atoms with Crippen LogP contribution in [0.1, 0.15) is 5.82 Å². The topological polar surface area (TPSA) is 95.8 Å². The number of tetrazole rings is 1. The number of aromatic nitrogens is 6. The van der Waals surface area contributed by atoms with E-state index in [1.54, 1.807) is 10.7 Å². The minimum absolute atomic E-state index is 0.0914. The third kappa shape index (κ3) is 3.47. The molecule has 1 fully saturated rings. The molecule has 29 heavy (non-hydrogen) atoms. The molecular weight excluding hydrogens is 368 g/mol. The molecule has 0 unspecified atom stereocenters. The number of hydrogen-bond acceptors (Lipinski definition) is 7. The summed E-state index contributed by atoms with van der Waals surface area (Å²) in [5.41, 5.74) is 1.58. The molecule has 9 nitrogen and oxygen atoms in total. The van der Waals surface area contributed by atoms with Crippen LogP contribution in [0.4, 0.5) is 5.95 Å². The molecule has 1 aliphatic rings. The number of nitrogens with one attached hydrogen (secondary N) is 1. The van der Waals surface area contributed by atoms with Crippen molar-refractivity contribution in [2.75, 3.05) is 31.1 Å². The second-order valence-corrected chi connectivity index (χ2v) is 7.02. The molecule has 3 heterocycles. The predicted molar refractivity (Wildman–Crippen MR) is 109 cm³/mol. The fourth-order valence-electron chi connectivity index (χ4n) is 3.64. The van der Waals surface area contributed by atoms with Crippen LogP contribution < -0.4 is 10.5 Å². The molecule has 0 radical (unpaired) electrons. The van der Waals surface area contributed by atoms with Gasteiger partial charge in [-0.1, -0.05) is 35.4 Å². The maximum Gasteiger partial charge on any atom is 0.258 e. The van der Waals surface area contributed by atoms with Crippen LogP contribution in [0.5, 0.6) is 0 Å². The van der Waals surface area contributed by atoms with Crippen molar-refractivity contribution in [3.05, 3.63) is 70.8 Å². The molecule has 1 aliphatic heterocycles. The highest BCUT2D eigenvalue weighted by Gasteiger charge is 2.22. The van der Waals surface area contributed by atoms with Crippen molar-refractivity contribution in [3.63, 3.8) is 0 Å². The fraction of sp³-hybridized carbons (Fsp3) is 0.250. The number of aromatic amines is 1. The van der Waals surface area contributed by atoms with Gasteiger partial charge in [-0.05, 0) is 34.7 Å². The Bertz CT molecular complexity index is 1180. The van der Waals surface area contributed by atoms with Crippen LogP contribution in [0, 0.1) is 0 Å². The van der Waals surface area contributed by atoms with Crippen LogP contribution in [0.2, 0.25) is 0 Å². The molecule has 9 heteroatoms. The molecule has 0 spiro atoms. The number of nitrogens with zero attached hydrogens (tertiary/aromatic N) is 7. The van der Waals surface area contributed by atoms with Gasteiger partial charge in [0, 0.05) is 26.2 Å². The van der Waals surface area contributed by atoms with Gasteiger partial charge in [0.2, 0.25) is 5.95 Å². The number of rotatable bonds is 4. The monoisotopic (exact) mass is 388 g/mol. The van der Waals surface area contributed by atoms with Crippen LogP contribution >= 0.6 is 0 Å². The molecule has 146 valence electrons. The Hall–Kier alpha value is -3.59. The zero-order chi connectivity index (χ0) is 19.6. The van der Waals surface area contributed by atoms with E-state index in [1.807, 2.05) is 48.5 Å². The molecule has 4 aromatic rings. The maximum atomic E-state index is 12.3. The number of hydrogen-bond donors (Lipinski definition) is 1. The van der Waals surface area contributed by atoms with E-state index in [-0.39, 0.29) is 5.56 Å². The highest BCUT2D eigenvalue weighted by atomic mass is 16.1. The first-order valence-electron chi connectivity index (χ1n) is 9.57. The van der Waals surface area contributed by atoms with E-state index < -0.39 is 0 Å². The summed E-state index contributed by atoms with van der Waals surface area (Å²) < 4.78 is 1.76. The summed E-state index contributed by atoms with van der Waals surface area (Å²) in [5, 5.41) is 12.8. The summed E-state index contributed by atoms with van der Waals surface area (Å²) in [7, 11) is 0. The summed E-state index contributed by atoms with van der Waals surface area (Å²) in [6.07, 6.45) is 0. The van der Waals surface area contributed by atoms with E-state index >= 15 is 0 Å². The first-order chi connectivity index (χ1) is 14.3. The van der Waals surface area contributed by atoms with Gasteiger partial charge >= 0.3 is 0 Å². The molecular formula is C20H20N8O. The summed E-state index contributed by atoms with van der Waals surface area (Å²) >= 11 is 0. The third-order valence-electron chi connectivity index (χ3n) is 5.14. The van der Waals surface area contributed by atoms with Gasteiger partial charge in [-0.3, -0.25) is 9.69 Å². The van der Waals surface area contributed by atoms with Crippen molar-refractivity contribution >= 4 is 16.9 Å². The SMILES string of the molecule is O=c1[nH]c(CN2CCN(c3nnnn3-c3ccccc3)CC2)nc2ccccc12. The van der Waals surface area contributed by atoms with E-state index in [1.165, 1.54) is 0 Å². The molecule has 1 saturated heterocycles. The number of para-hydroxylation sites is 2. The van der Waals surface area contributed by atoms with Gasteiger partial charge in [0.05, 0.1) is 23.1 Å². The number of piperazine rings is 1. The van der Waals surface area contributed by atoms with E-state index in [9.17, 15) is 4.79 Å².